The topological polar surface area (TPSA) is 75.7 Å². The molecule has 0 saturated carbocycles. The van der Waals surface area contributed by atoms with E-state index in [9.17, 15) is 13.2 Å². The Morgan fingerprint density at radius 3 is 2.48 bits per heavy atom. The lowest BCUT2D eigenvalue weighted by molar-refractivity contribution is -0.122. The highest BCUT2D eigenvalue weighted by Crippen LogP contribution is 2.26. The Morgan fingerprint density at radius 1 is 1.14 bits per heavy atom. The molecule has 1 N–H and O–H groups in total. The predicted molar refractivity (Wildman–Crippen MR) is 112 cm³/mol. The number of amides is 1. The smallest absolute Gasteiger partial charge is 0.243 e. The number of hydrogen-bond acceptors (Lipinski definition) is 4. The average molecular weight is 417 g/mol. The minimum Gasteiger partial charge on any atom is -0.497 e. The zero-order valence-corrected chi connectivity index (χ0v) is 17.7. The quantitative estimate of drug-likeness (QED) is 0.753. The molecule has 0 aliphatic carbocycles. The molecule has 0 unspecified atom stereocenters. The highest BCUT2D eigenvalue weighted by molar-refractivity contribution is 7.89. The highest BCUT2D eigenvalue weighted by atomic mass is 32.2. The van der Waals surface area contributed by atoms with Gasteiger partial charge in [0.25, 0.3) is 0 Å². The first kappa shape index (κ1) is 21.3. The summed E-state index contributed by atoms with van der Waals surface area (Å²) in [6.45, 7) is 3.28. The number of methoxy groups -OCH3 is 1. The third-order valence-corrected chi connectivity index (χ3v) is 7.24. The molecule has 0 atom stereocenters. The number of nitrogens with one attached hydrogen (secondary N) is 1. The van der Waals surface area contributed by atoms with Crippen LogP contribution in [0, 0.1) is 12.8 Å². The van der Waals surface area contributed by atoms with E-state index >= 15 is 0 Å². The van der Waals surface area contributed by atoms with Gasteiger partial charge in [-0.1, -0.05) is 29.8 Å². The van der Waals surface area contributed by atoms with Gasteiger partial charge in [-0.05, 0) is 55.5 Å². The molecule has 2 aromatic carbocycles. The van der Waals surface area contributed by atoms with E-state index in [0.717, 1.165) is 16.9 Å². The van der Waals surface area contributed by atoms with Gasteiger partial charge in [0.05, 0.1) is 12.0 Å². The van der Waals surface area contributed by atoms with Gasteiger partial charge in [0.2, 0.25) is 15.9 Å². The summed E-state index contributed by atoms with van der Waals surface area (Å²) < 4.78 is 32.3. The summed E-state index contributed by atoms with van der Waals surface area (Å²) in [5.41, 5.74) is 2.01. The monoisotopic (exact) mass is 416 g/mol. The molecule has 1 saturated heterocycles. The van der Waals surface area contributed by atoms with Crippen LogP contribution in [0.4, 0.5) is 0 Å². The van der Waals surface area contributed by atoms with Crippen molar-refractivity contribution in [1.29, 1.82) is 0 Å². The molecule has 1 aliphatic rings. The summed E-state index contributed by atoms with van der Waals surface area (Å²) in [4.78, 5) is 12.6. The van der Waals surface area contributed by atoms with Crippen molar-refractivity contribution in [3.8, 4) is 5.75 Å². The molecule has 0 spiro atoms. The van der Waals surface area contributed by atoms with Crippen LogP contribution in [-0.2, 0) is 21.4 Å². The number of nitrogens with zero attached hydrogens (tertiary/aromatic N) is 1. The molecule has 1 aliphatic heterocycles. The second kappa shape index (κ2) is 9.41. The Bertz CT molecular complexity index is 934. The normalized spacial score (nSPS) is 15.8. The van der Waals surface area contributed by atoms with E-state index in [1.165, 1.54) is 4.31 Å². The van der Waals surface area contributed by atoms with Crippen LogP contribution in [-0.4, -0.2) is 38.8 Å². The van der Waals surface area contributed by atoms with E-state index < -0.39 is 10.0 Å². The van der Waals surface area contributed by atoms with Gasteiger partial charge < -0.3 is 10.1 Å². The number of carbonyl (C=O) groups is 1. The summed E-state index contributed by atoms with van der Waals surface area (Å²) in [5.74, 6) is 0.955. The minimum absolute atomic E-state index is 0.00679. The molecule has 156 valence electrons. The van der Waals surface area contributed by atoms with Crippen LogP contribution < -0.4 is 10.1 Å². The first-order valence-corrected chi connectivity index (χ1v) is 11.3. The van der Waals surface area contributed by atoms with Crippen molar-refractivity contribution in [3.05, 3.63) is 59.7 Å². The zero-order valence-electron chi connectivity index (χ0n) is 16.9. The molecule has 2 aromatic rings. The van der Waals surface area contributed by atoms with Gasteiger partial charge in [-0.15, -0.1) is 0 Å². The van der Waals surface area contributed by atoms with E-state index in [1.54, 1.807) is 19.2 Å². The fourth-order valence-electron chi connectivity index (χ4n) is 3.53. The standard InChI is InChI=1S/C22H28N2O4S/c1-17-6-8-21(9-7-17)29(26,27)24-12-10-18(11-13-24)15-22(25)23-16-19-4-3-5-20(14-19)28-2/h3-9,14,18H,10-13,15-16H2,1-2H3,(H,23,25). The summed E-state index contributed by atoms with van der Waals surface area (Å²) in [6, 6.07) is 14.5. The molecule has 3 rings (SSSR count). The van der Waals surface area contributed by atoms with Crippen LogP contribution in [0.5, 0.6) is 5.75 Å². The Hall–Kier alpha value is -2.38. The molecular formula is C22H28N2O4S. The zero-order chi connectivity index (χ0) is 20.9. The summed E-state index contributed by atoms with van der Waals surface area (Å²) >= 11 is 0. The van der Waals surface area contributed by atoms with E-state index in [0.29, 0.717) is 43.8 Å². The Labute approximate surface area is 172 Å². The lowest BCUT2D eigenvalue weighted by Gasteiger charge is -2.31. The highest BCUT2D eigenvalue weighted by Gasteiger charge is 2.30. The molecule has 0 aromatic heterocycles. The molecular weight excluding hydrogens is 388 g/mol. The molecule has 1 fully saturated rings. The molecule has 0 bridgehead atoms. The second-order valence-electron chi connectivity index (χ2n) is 7.49. The summed E-state index contributed by atoms with van der Waals surface area (Å²) in [5, 5.41) is 2.94. The molecule has 0 radical (unpaired) electrons. The molecule has 7 heteroatoms. The van der Waals surface area contributed by atoms with Gasteiger partial charge in [-0.25, -0.2) is 8.42 Å². The average Bonchev–Trinajstić information content (AvgIpc) is 2.73. The largest absolute Gasteiger partial charge is 0.497 e. The Kier molecular flexibility index (Phi) is 6.92. The first-order chi connectivity index (χ1) is 13.9. The lowest BCUT2D eigenvalue weighted by Crippen LogP contribution is -2.39. The van der Waals surface area contributed by atoms with Gasteiger partial charge in [0, 0.05) is 26.1 Å². The Balaban J connectivity index is 1.47. The predicted octanol–water partition coefficient (Wildman–Crippen LogP) is 3.11. The molecule has 1 heterocycles. The fourth-order valence-corrected chi connectivity index (χ4v) is 5.00. The lowest BCUT2D eigenvalue weighted by atomic mass is 9.94. The van der Waals surface area contributed by atoms with Crippen molar-refractivity contribution in [2.45, 2.75) is 37.6 Å². The van der Waals surface area contributed by atoms with E-state index in [1.807, 2.05) is 43.3 Å². The van der Waals surface area contributed by atoms with Crippen LogP contribution in [0.25, 0.3) is 0 Å². The van der Waals surface area contributed by atoms with Crippen molar-refractivity contribution < 1.29 is 17.9 Å². The van der Waals surface area contributed by atoms with Crippen LogP contribution >= 0.6 is 0 Å². The summed E-state index contributed by atoms with van der Waals surface area (Å²) in [7, 11) is -1.85. The van der Waals surface area contributed by atoms with Crippen molar-refractivity contribution in [3.63, 3.8) is 0 Å². The van der Waals surface area contributed by atoms with E-state index in [4.69, 9.17) is 4.74 Å². The second-order valence-corrected chi connectivity index (χ2v) is 9.43. The number of ether oxygens (including phenoxy) is 1. The van der Waals surface area contributed by atoms with Crippen molar-refractivity contribution >= 4 is 15.9 Å². The molecule has 1 amide bonds. The minimum atomic E-state index is -3.46. The van der Waals surface area contributed by atoms with Crippen molar-refractivity contribution in [2.75, 3.05) is 20.2 Å². The van der Waals surface area contributed by atoms with Crippen LogP contribution in [0.3, 0.4) is 0 Å². The Morgan fingerprint density at radius 2 is 1.83 bits per heavy atom. The molecule has 29 heavy (non-hydrogen) atoms. The number of aryl methyl sites for hydroxylation is 1. The van der Waals surface area contributed by atoms with Gasteiger partial charge in [-0.3, -0.25) is 4.79 Å². The number of carbonyl (C=O) groups excluding carboxylic acids is 1. The number of rotatable bonds is 7. The van der Waals surface area contributed by atoms with Crippen molar-refractivity contribution in [2.24, 2.45) is 5.92 Å². The SMILES string of the molecule is COc1cccc(CNC(=O)CC2CCN(S(=O)(=O)c3ccc(C)cc3)CC2)c1. The van der Waals surface area contributed by atoms with Gasteiger partial charge in [0.15, 0.2) is 0 Å². The van der Waals surface area contributed by atoms with Crippen molar-refractivity contribution in [1.82, 2.24) is 9.62 Å². The molecule has 6 nitrogen and oxygen atoms in total. The van der Waals surface area contributed by atoms with Gasteiger partial charge in [0.1, 0.15) is 5.75 Å². The fraction of sp³-hybridized carbons (Fsp3) is 0.409. The van der Waals surface area contributed by atoms with Crippen LogP contribution in [0.2, 0.25) is 0 Å². The number of sulfonamides is 1. The maximum absolute atomic E-state index is 12.8. The van der Waals surface area contributed by atoms with E-state index in [-0.39, 0.29) is 11.8 Å². The maximum Gasteiger partial charge on any atom is 0.243 e. The number of benzene rings is 2. The van der Waals surface area contributed by atoms with Crippen LogP contribution in [0.1, 0.15) is 30.4 Å². The van der Waals surface area contributed by atoms with Crippen LogP contribution in [0.15, 0.2) is 53.4 Å². The van der Waals surface area contributed by atoms with Gasteiger partial charge >= 0.3 is 0 Å². The number of piperidine rings is 1. The third-order valence-electron chi connectivity index (χ3n) is 5.33. The van der Waals surface area contributed by atoms with E-state index in [2.05, 4.69) is 5.32 Å². The van der Waals surface area contributed by atoms with Gasteiger partial charge in [-0.2, -0.15) is 4.31 Å². The number of hydrogen-bond donors (Lipinski definition) is 1. The third kappa shape index (κ3) is 5.58. The first-order valence-electron chi connectivity index (χ1n) is 9.85. The maximum atomic E-state index is 12.8. The summed E-state index contributed by atoms with van der Waals surface area (Å²) in [6.07, 6.45) is 1.80.